The number of hydrogen-bond acceptors (Lipinski definition) is 3. The van der Waals surface area contributed by atoms with Gasteiger partial charge in [-0.1, -0.05) is 54.1 Å². The Balaban J connectivity index is 1.83. The van der Waals surface area contributed by atoms with E-state index in [-0.39, 0.29) is 6.04 Å². The molecule has 1 aliphatic rings. The van der Waals surface area contributed by atoms with Crippen LogP contribution in [0.4, 0.5) is 5.95 Å². The van der Waals surface area contributed by atoms with Crippen LogP contribution in [0.2, 0.25) is 0 Å². The van der Waals surface area contributed by atoms with Crippen LogP contribution in [0.15, 0.2) is 60.9 Å². The lowest BCUT2D eigenvalue weighted by Crippen LogP contribution is -2.20. The predicted molar refractivity (Wildman–Crippen MR) is 92.1 cm³/mol. The number of aromatic nitrogens is 3. The first-order valence-corrected chi connectivity index (χ1v) is 7.73. The molecule has 114 valence electrons. The molecule has 2 heterocycles. The average molecular weight is 302 g/mol. The summed E-state index contributed by atoms with van der Waals surface area (Å²) in [6.45, 7) is 4.23. The summed E-state index contributed by atoms with van der Waals surface area (Å²) in [5, 5.41) is 7.78. The smallest absolute Gasteiger partial charge is 0.226 e. The van der Waals surface area contributed by atoms with Crippen LogP contribution in [-0.4, -0.2) is 14.8 Å². The molecule has 1 N–H and O–H groups in total. The van der Waals surface area contributed by atoms with E-state index in [2.05, 4.69) is 83.9 Å². The molecular weight excluding hydrogens is 284 g/mol. The van der Waals surface area contributed by atoms with Gasteiger partial charge in [0.05, 0.1) is 0 Å². The zero-order chi connectivity index (χ0) is 15.8. The fourth-order valence-corrected chi connectivity index (χ4v) is 2.98. The summed E-state index contributed by atoms with van der Waals surface area (Å²) in [5.41, 5.74) is 5.97. The maximum atomic E-state index is 4.40. The van der Waals surface area contributed by atoms with E-state index >= 15 is 0 Å². The fraction of sp³-hybridized carbons (Fsp3) is 0.158. The lowest BCUT2D eigenvalue weighted by atomic mass is 9.98. The van der Waals surface area contributed by atoms with Crippen molar-refractivity contribution < 1.29 is 0 Å². The number of allylic oxidation sites excluding steroid dienone is 1. The Morgan fingerprint density at radius 3 is 2.57 bits per heavy atom. The van der Waals surface area contributed by atoms with Gasteiger partial charge in [0.25, 0.3) is 0 Å². The van der Waals surface area contributed by atoms with E-state index in [1.165, 1.54) is 16.7 Å². The van der Waals surface area contributed by atoms with E-state index in [4.69, 9.17) is 0 Å². The van der Waals surface area contributed by atoms with Gasteiger partial charge in [-0.15, -0.1) is 0 Å². The average Bonchev–Trinajstić information content (AvgIpc) is 3.04. The van der Waals surface area contributed by atoms with E-state index < -0.39 is 0 Å². The Hall–Kier alpha value is -2.88. The quantitative estimate of drug-likeness (QED) is 0.779. The van der Waals surface area contributed by atoms with Crippen molar-refractivity contribution in [1.29, 1.82) is 0 Å². The van der Waals surface area contributed by atoms with Crippen LogP contribution >= 0.6 is 0 Å². The third-order valence-electron chi connectivity index (χ3n) is 4.28. The first kappa shape index (κ1) is 13.8. The minimum Gasteiger partial charge on any atom is -0.324 e. The number of nitrogens with one attached hydrogen (secondary N) is 1. The predicted octanol–water partition coefficient (Wildman–Crippen LogP) is 3.95. The molecule has 4 heteroatoms. The highest BCUT2D eigenvalue weighted by Crippen LogP contribution is 2.33. The molecule has 0 bridgehead atoms. The number of fused-ring (bicyclic) bond motifs is 1. The van der Waals surface area contributed by atoms with Gasteiger partial charge in [0, 0.05) is 5.70 Å². The van der Waals surface area contributed by atoms with Crippen molar-refractivity contribution in [1.82, 2.24) is 14.8 Å². The van der Waals surface area contributed by atoms with Crippen molar-refractivity contribution in [3.63, 3.8) is 0 Å². The molecule has 0 fully saturated rings. The number of benzene rings is 2. The van der Waals surface area contributed by atoms with E-state index in [1.807, 2.05) is 4.68 Å². The Morgan fingerprint density at radius 1 is 1.00 bits per heavy atom. The Morgan fingerprint density at radius 2 is 1.78 bits per heavy atom. The second kappa shape index (κ2) is 5.39. The van der Waals surface area contributed by atoms with Crippen molar-refractivity contribution in [2.75, 3.05) is 5.32 Å². The van der Waals surface area contributed by atoms with Gasteiger partial charge in [-0.2, -0.15) is 10.1 Å². The Labute approximate surface area is 135 Å². The first-order chi connectivity index (χ1) is 11.2. The van der Waals surface area contributed by atoms with Gasteiger partial charge in [0.1, 0.15) is 12.4 Å². The van der Waals surface area contributed by atoms with Gasteiger partial charge >= 0.3 is 0 Å². The monoisotopic (exact) mass is 302 g/mol. The molecule has 0 amide bonds. The molecule has 1 aromatic heterocycles. The molecule has 3 aromatic rings. The molecule has 4 nitrogen and oxygen atoms in total. The molecule has 23 heavy (non-hydrogen) atoms. The van der Waals surface area contributed by atoms with Gasteiger partial charge in [0.15, 0.2) is 0 Å². The highest BCUT2D eigenvalue weighted by Gasteiger charge is 2.24. The van der Waals surface area contributed by atoms with E-state index in [0.717, 1.165) is 17.2 Å². The standard InChI is InChI=1S/C19H18N4/c1-13-7-9-15(10-8-13)17-11-18(16-6-4-3-5-14(16)2)23-19(22-17)20-12-21-23/h3-12,18H,1-2H3,(H,20,21,22). The summed E-state index contributed by atoms with van der Waals surface area (Å²) in [5.74, 6) is 0.774. The third kappa shape index (κ3) is 2.42. The summed E-state index contributed by atoms with van der Waals surface area (Å²) < 4.78 is 1.93. The van der Waals surface area contributed by atoms with Gasteiger partial charge in [-0.3, -0.25) is 0 Å². The number of nitrogens with zero attached hydrogens (tertiary/aromatic N) is 3. The van der Waals surface area contributed by atoms with Crippen LogP contribution in [0.5, 0.6) is 0 Å². The van der Waals surface area contributed by atoms with Crippen LogP contribution in [0.1, 0.15) is 28.3 Å². The lowest BCUT2D eigenvalue weighted by molar-refractivity contribution is 0.609. The topological polar surface area (TPSA) is 42.7 Å². The minimum atomic E-state index is 0.0475. The van der Waals surface area contributed by atoms with Crippen molar-refractivity contribution >= 4 is 11.6 Å². The number of aryl methyl sites for hydroxylation is 2. The summed E-state index contributed by atoms with van der Waals surface area (Å²) in [6.07, 6.45) is 3.81. The second-order valence-corrected chi connectivity index (χ2v) is 5.90. The Kier molecular flexibility index (Phi) is 3.23. The van der Waals surface area contributed by atoms with Gasteiger partial charge < -0.3 is 5.32 Å². The molecule has 2 aromatic carbocycles. The molecule has 1 unspecified atom stereocenters. The number of anilines is 1. The van der Waals surface area contributed by atoms with Crippen LogP contribution in [0, 0.1) is 13.8 Å². The van der Waals surface area contributed by atoms with Crippen LogP contribution in [0.3, 0.4) is 0 Å². The molecule has 1 atom stereocenters. The van der Waals surface area contributed by atoms with Crippen molar-refractivity contribution in [2.24, 2.45) is 0 Å². The molecule has 4 rings (SSSR count). The van der Waals surface area contributed by atoms with Crippen LogP contribution in [0.25, 0.3) is 5.70 Å². The molecule has 0 spiro atoms. The molecule has 0 radical (unpaired) electrons. The second-order valence-electron chi connectivity index (χ2n) is 5.90. The molecule has 0 saturated heterocycles. The normalized spacial score (nSPS) is 16.4. The van der Waals surface area contributed by atoms with Crippen LogP contribution < -0.4 is 5.32 Å². The summed E-state index contributed by atoms with van der Waals surface area (Å²) >= 11 is 0. The zero-order valence-corrected chi connectivity index (χ0v) is 13.2. The van der Waals surface area contributed by atoms with Crippen molar-refractivity contribution in [2.45, 2.75) is 19.9 Å². The molecule has 0 saturated carbocycles. The van der Waals surface area contributed by atoms with Gasteiger partial charge in [-0.25, -0.2) is 4.68 Å². The highest BCUT2D eigenvalue weighted by molar-refractivity contribution is 5.77. The van der Waals surface area contributed by atoms with Gasteiger partial charge in [-0.05, 0) is 36.6 Å². The lowest BCUT2D eigenvalue weighted by Gasteiger charge is -2.25. The highest BCUT2D eigenvalue weighted by atomic mass is 15.4. The maximum absolute atomic E-state index is 4.40. The molecule has 0 aliphatic carbocycles. The van der Waals surface area contributed by atoms with Crippen LogP contribution in [-0.2, 0) is 0 Å². The zero-order valence-electron chi connectivity index (χ0n) is 13.2. The van der Waals surface area contributed by atoms with E-state index in [9.17, 15) is 0 Å². The third-order valence-corrected chi connectivity index (χ3v) is 4.28. The fourth-order valence-electron chi connectivity index (χ4n) is 2.98. The number of hydrogen-bond donors (Lipinski definition) is 1. The van der Waals surface area contributed by atoms with E-state index in [1.54, 1.807) is 6.33 Å². The van der Waals surface area contributed by atoms with Crippen molar-refractivity contribution in [3.8, 4) is 0 Å². The van der Waals surface area contributed by atoms with E-state index in [0.29, 0.717) is 0 Å². The maximum Gasteiger partial charge on any atom is 0.226 e. The summed E-state index contributed by atoms with van der Waals surface area (Å²) in [7, 11) is 0. The first-order valence-electron chi connectivity index (χ1n) is 7.73. The number of rotatable bonds is 2. The SMILES string of the molecule is Cc1ccc(C2=CC(c3ccccc3C)n3ncnc3N2)cc1. The Bertz CT molecular complexity index is 874. The molecular formula is C19H18N4. The van der Waals surface area contributed by atoms with Gasteiger partial charge in [0.2, 0.25) is 5.95 Å². The summed E-state index contributed by atoms with van der Waals surface area (Å²) in [6, 6.07) is 17.0. The van der Waals surface area contributed by atoms with Crippen molar-refractivity contribution in [3.05, 3.63) is 83.2 Å². The minimum absolute atomic E-state index is 0.0475. The largest absolute Gasteiger partial charge is 0.324 e. The molecule has 1 aliphatic heterocycles. The summed E-state index contributed by atoms with van der Waals surface area (Å²) in [4.78, 5) is 4.36.